The number of fused-ring (bicyclic) bond motifs is 1. The van der Waals surface area contributed by atoms with Crippen molar-refractivity contribution in [2.75, 3.05) is 0 Å². The largest absolute Gasteiger partial charge is 0.324 e. The minimum absolute atomic E-state index is 0.0682. The summed E-state index contributed by atoms with van der Waals surface area (Å²) in [6.45, 7) is 2.10. The minimum atomic E-state index is 0.0682. The summed E-state index contributed by atoms with van der Waals surface area (Å²) in [5.74, 6) is 0. The van der Waals surface area contributed by atoms with E-state index in [1.54, 1.807) is 11.3 Å². The predicted octanol–water partition coefficient (Wildman–Crippen LogP) is 4.45. The molecule has 1 atom stereocenters. The first-order chi connectivity index (χ1) is 9.24. The monoisotopic (exact) mass is 267 g/mol. The van der Waals surface area contributed by atoms with Crippen LogP contribution in [0.5, 0.6) is 0 Å². The average Bonchev–Trinajstić information content (AvgIpc) is 2.83. The number of nitrogens with two attached hydrogens (primary N) is 1. The molecular weight excluding hydrogens is 250 g/mol. The molecule has 0 amide bonds. The number of thiophene rings is 1. The van der Waals surface area contributed by atoms with Crippen LogP contribution in [-0.2, 0) is 6.42 Å². The van der Waals surface area contributed by atoms with E-state index >= 15 is 0 Å². The molecule has 0 saturated carbocycles. The zero-order valence-electron chi connectivity index (χ0n) is 11.0. The van der Waals surface area contributed by atoms with Crippen molar-refractivity contribution in [1.82, 2.24) is 0 Å². The van der Waals surface area contributed by atoms with Crippen molar-refractivity contribution in [2.24, 2.45) is 5.73 Å². The molecule has 1 aromatic heterocycles. The molecule has 0 spiro atoms. The lowest BCUT2D eigenvalue weighted by atomic mass is 9.98. The molecule has 3 rings (SSSR count). The molecule has 1 nitrogen and oxygen atoms in total. The van der Waals surface area contributed by atoms with E-state index < -0.39 is 0 Å². The number of hydrogen-bond donors (Lipinski definition) is 1. The lowest BCUT2D eigenvalue weighted by Crippen LogP contribution is -2.12. The normalized spacial score (nSPS) is 12.7. The first-order valence-electron chi connectivity index (χ1n) is 6.51. The van der Waals surface area contributed by atoms with E-state index in [1.807, 2.05) is 0 Å². The number of benzene rings is 2. The number of aryl methyl sites for hydroxylation is 1. The fraction of sp³-hybridized carbons (Fsp3) is 0.176. The molecule has 0 aliphatic carbocycles. The molecule has 2 heteroatoms. The van der Waals surface area contributed by atoms with Crippen molar-refractivity contribution >= 4 is 21.4 Å². The molecule has 0 radical (unpaired) electrons. The molecule has 0 aliphatic rings. The van der Waals surface area contributed by atoms with Crippen LogP contribution in [0, 0.1) is 6.92 Å². The van der Waals surface area contributed by atoms with E-state index in [1.165, 1.54) is 26.8 Å². The third-order valence-corrected chi connectivity index (χ3v) is 4.52. The quantitative estimate of drug-likeness (QED) is 0.745. The molecular formula is C17H17NS. The molecule has 19 heavy (non-hydrogen) atoms. The zero-order valence-corrected chi connectivity index (χ0v) is 11.8. The van der Waals surface area contributed by atoms with Crippen LogP contribution in [-0.4, -0.2) is 0 Å². The molecule has 0 bridgehead atoms. The summed E-state index contributed by atoms with van der Waals surface area (Å²) in [7, 11) is 0. The third-order valence-electron chi connectivity index (χ3n) is 3.51. The summed E-state index contributed by atoms with van der Waals surface area (Å²) in [5, 5.41) is 3.58. The van der Waals surface area contributed by atoms with E-state index in [4.69, 9.17) is 5.73 Å². The van der Waals surface area contributed by atoms with Gasteiger partial charge in [-0.2, -0.15) is 0 Å². The predicted molar refractivity (Wildman–Crippen MR) is 83.6 cm³/mol. The Morgan fingerprint density at radius 3 is 2.58 bits per heavy atom. The summed E-state index contributed by atoms with van der Waals surface area (Å²) in [4.78, 5) is 0. The van der Waals surface area contributed by atoms with Crippen LogP contribution in [0.4, 0.5) is 0 Å². The summed E-state index contributed by atoms with van der Waals surface area (Å²) in [6.07, 6.45) is 0.896. The van der Waals surface area contributed by atoms with Crippen LogP contribution >= 0.6 is 11.3 Å². The minimum Gasteiger partial charge on any atom is -0.324 e. The van der Waals surface area contributed by atoms with E-state index in [-0.39, 0.29) is 6.04 Å². The molecule has 0 aliphatic heterocycles. The van der Waals surface area contributed by atoms with Gasteiger partial charge in [-0.15, -0.1) is 11.3 Å². The highest BCUT2D eigenvalue weighted by Crippen LogP contribution is 2.28. The van der Waals surface area contributed by atoms with Gasteiger partial charge in [0.15, 0.2) is 0 Å². The first kappa shape index (κ1) is 12.4. The van der Waals surface area contributed by atoms with Crippen molar-refractivity contribution in [2.45, 2.75) is 19.4 Å². The van der Waals surface area contributed by atoms with Crippen LogP contribution < -0.4 is 5.73 Å². The maximum atomic E-state index is 6.33. The van der Waals surface area contributed by atoms with Crippen LogP contribution in [0.1, 0.15) is 22.7 Å². The second-order valence-corrected chi connectivity index (χ2v) is 5.89. The van der Waals surface area contributed by atoms with Crippen molar-refractivity contribution < 1.29 is 0 Å². The van der Waals surface area contributed by atoms with E-state index in [2.05, 4.69) is 60.8 Å². The van der Waals surface area contributed by atoms with Gasteiger partial charge in [-0.25, -0.2) is 0 Å². The smallest absolute Gasteiger partial charge is 0.0345 e. The lowest BCUT2D eigenvalue weighted by molar-refractivity contribution is 0.726. The molecule has 0 saturated heterocycles. The molecule has 1 heterocycles. The van der Waals surface area contributed by atoms with Gasteiger partial charge in [0.05, 0.1) is 0 Å². The van der Waals surface area contributed by atoms with Crippen LogP contribution in [0.2, 0.25) is 0 Å². The van der Waals surface area contributed by atoms with Gasteiger partial charge in [0.2, 0.25) is 0 Å². The van der Waals surface area contributed by atoms with Crippen LogP contribution in [0.15, 0.2) is 53.9 Å². The number of rotatable bonds is 3. The Balaban J connectivity index is 1.86. The Morgan fingerprint density at radius 2 is 1.79 bits per heavy atom. The van der Waals surface area contributed by atoms with Crippen molar-refractivity contribution in [3.8, 4) is 0 Å². The zero-order chi connectivity index (χ0) is 13.2. The second kappa shape index (κ2) is 5.16. The summed E-state index contributed by atoms with van der Waals surface area (Å²) >= 11 is 1.80. The Labute approximate surface area is 117 Å². The Bertz CT molecular complexity index is 682. The highest BCUT2D eigenvalue weighted by molar-refractivity contribution is 7.17. The first-order valence-corrected chi connectivity index (χ1v) is 7.39. The van der Waals surface area contributed by atoms with E-state index in [9.17, 15) is 0 Å². The van der Waals surface area contributed by atoms with Crippen LogP contribution in [0.3, 0.4) is 0 Å². The van der Waals surface area contributed by atoms with Gasteiger partial charge in [-0.05, 0) is 41.3 Å². The average molecular weight is 267 g/mol. The SMILES string of the molecule is Cc1ccc(C(N)Cc2csc3ccccc23)cc1. The molecule has 96 valence electrons. The highest BCUT2D eigenvalue weighted by atomic mass is 32.1. The van der Waals surface area contributed by atoms with Gasteiger partial charge >= 0.3 is 0 Å². The van der Waals surface area contributed by atoms with Gasteiger partial charge in [-0.1, -0.05) is 48.0 Å². The fourth-order valence-electron chi connectivity index (χ4n) is 2.36. The second-order valence-electron chi connectivity index (χ2n) is 4.98. The molecule has 3 aromatic rings. The van der Waals surface area contributed by atoms with E-state index in [0.717, 1.165) is 6.42 Å². The van der Waals surface area contributed by atoms with Crippen molar-refractivity contribution in [1.29, 1.82) is 0 Å². The van der Waals surface area contributed by atoms with Crippen molar-refractivity contribution in [3.63, 3.8) is 0 Å². The molecule has 0 fully saturated rings. The Hall–Kier alpha value is -1.64. The molecule has 2 N–H and O–H groups in total. The van der Waals surface area contributed by atoms with Gasteiger partial charge in [0, 0.05) is 10.7 Å². The fourth-order valence-corrected chi connectivity index (χ4v) is 3.33. The molecule has 2 aromatic carbocycles. The highest BCUT2D eigenvalue weighted by Gasteiger charge is 2.10. The van der Waals surface area contributed by atoms with Gasteiger partial charge < -0.3 is 5.73 Å². The number of hydrogen-bond acceptors (Lipinski definition) is 2. The standard InChI is InChI=1S/C17H17NS/c1-12-6-8-13(9-7-12)16(18)10-14-11-19-17-5-3-2-4-15(14)17/h2-9,11,16H,10,18H2,1H3. The Morgan fingerprint density at radius 1 is 1.05 bits per heavy atom. The molecule has 1 unspecified atom stereocenters. The maximum Gasteiger partial charge on any atom is 0.0345 e. The van der Waals surface area contributed by atoms with Gasteiger partial charge in [-0.3, -0.25) is 0 Å². The maximum absolute atomic E-state index is 6.33. The summed E-state index contributed by atoms with van der Waals surface area (Å²) in [5.41, 5.74) is 10.2. The van der Waals surface area contributed by atoms with E-state index in [0.29, 0.717) is 0 Å². The van der Waals surface area contributed by atoms with Gasteiger partial charge in [0.25, 0.3) is 0 Å². The lowest BCUT2D eigenvalue weighted by Gasteiger charge is -2.12. The summed E-state index contributed by atoms with van der Waals surface area (Å²) < 4.78 is 1.34. The summed E-state index contributed by atoms with van der Waals surface area (Å²) in [6, 6.07) is 17.1. The Kier molecular flexibility index (Phi) is 3.36. The van der Waals surface area contributed by atoms with Gasteiger partial charge in [0.1, 0.15) is 0 Å². The third kappa shape index (κ3) is 2.55. The topological polar surface area (TPSA) is 26.0 Å². The van der Waals surface area contributed by atoms with Crippen molar-refractivity contribution in [3.05, 3.63) is 70.6 Å². The van der Waals surface area contributed by atoms with Crippen LogP contribution in [0.25, 0.3) is 10.1 Å².